The zero-order valence-electron chi connectivity index (χ0n) is 20.6. The number of ether oxygens (including phenoxy) is 1. The summed E-state index contributed by atoms with van der Waals surface area (Å²) in [6, 6.07) is 22.1. The molecule has 0 atom stereocenters. The van der Waals surface area contributed by atoms with Gasteiger partial charge in [-0.3, -0.25) is 14.3 Å². The molecule has 8 nitrogen and oxygen atoms in total. The van der Waals surface area contributed by atoms with Crippen LogP contribution in [0.1, 0.15) is 17.0 Å². The highest BCUT2D eigenvalue weighted by Crippen LogP contribution is 2.27. The number of para-hydroxylation sites is 2. The lowest BCUT2D eigenvalue weighted by molar-refractivity contribution is 0.406. The van der Waals surface area contributed by atoms with E-state index >= 15 is 0 Å². The Bertz CT molecular complexity index is 1920. The van der Waals surface area contributed by atoms with Gasteiger partial charge in [0.2, 0.25) is 5.13 Å². The Kier molecular flexibility index (Phi) is 6.09. The average molecular weight is 544 g/mol. The number of aromatic nitrogens is 5. The van der Waals surface area contributed by atoms with Gasteiger partial charge in [-0.15, -0.1) is 0 Å². The van der Waals surface area contributed by atoms with E-state index in [0.29, 0.717) is 44.9 Å². The van der Waals surface area contributed by atoms with E-state index in [1.807, 2.05) is 53.2 Å². The summed E-state index contributed by atoms with van der Waals surface area (Å²) in [4.78, 5) is 36.6. The molecule has 6 aromatic rings. The van der Waals surface area contributed by atoms with Crippen molar-refractivity contribution in [1.82, 2.24) is 23.9 Å². The van der Waals surface area contributed by atoms with Gasteiger partial charge >= 0.3 is 0 Å². The molecule has 4 heterocycles. The second-order valence-electron chi connectivity index (χ2n) is 8.82. The van der Waals surface area contributed by atoms with Crippen LogP contribution in [0.25, 0.3) is 26.3 Å². The van der Waals surface area contributed by atoms with Crippen LogP contribution in [0.2, 0.25) is 5.15 Å². The van der Waals surface area contributed by atoms with Crippen LogP contribution in [-0.4, -0.2) is 31.0 Å². The van der Waals surface area contributed by atoms with Crippen molar-refractivity contribution in [3.05, 3.63) is 116 Å². The zero-order chi connectivity index (χ0) is 26.4. The molecule has 0 aliphatic carbocycles. The number of hydrogen-bond acceptors (Lipinski definition) is 6. The van der Waals surface area contributed by atoms with Crippen LogP contribution in [-0.2, 0) is 13.1 Å². The number of methoxy groups -OCH3 is 1. The second kappa shape index (κ2) is 9.59. The Balaban J connectivity index is 1.62. The first-order chi connectivity index (χ1) is 18.4. The number of nitrogens with zero attached hydrogens (tertiary/aromatic N) is 5. The first kappa shape index (κ1) is 24.1. The van der Waals surface area contributed by atoms with Gasteiger partial charge in [-0.25, -0.2) is 9.97 Å². The van der Waals surface area contributed by atoms with E-state index in [0.717, 1.165) is 15.8 Å². The van der Waals surface area contributed by atoms with Crippen molar-refractivity contribution in [1.29, 1.82) is 0 Å². The van der Waals surface area contributed by atoms with Gasteiger partial charge in [-0.2, -0.15) is 4.68 Å². The van der Waals surface area contributed by atoms with Gasteiger partial charge in [0.15, 0.2) is 0 Å². The van der Waals surface area contributed by atoms with Crippen molar-refractivity contribution in [2.24, 2.45) is 0 Å². The maximum absolute atomic E-state index is 14.1. The van der Waals surface area contributed by atoms with Crippen molar-refractivity contribution >= 4 is 44.1 Å². The lowest BCUT2D eigenvalue weighted by atomic mass is 10.2. The Hall–Kier alpha value is -4.21. The molecule has 0 spiro atoms. The molecular weight excluding hydrogens is 522 g/mol. The molecule has 10 heteroatoms. The quantitative estimate of drug-likeness (QED) is 0.275. The Morgan fingerprint density at radius 3 is 2.53 bits per heavy atom. The Labute approximate surface area is 225 Å². The van der Waals surface area contributed by atoms with Gasteiger partial charge in [0.05, 0.1) is 47.0 Å². The van der Waals surface area contributed by atoms with E-state index < -0.39 is 0 Å². The summed E-state index contributed by atoms with van der Waals surface area (Å²) >= 11 is 7.49. The predicted octanol–water partition coefficient (Wildman–Crippen LogP) is 5.03. The summed E-state index contributed by atoms with van der Waals surface area (Å²) in [5.41, 5.74) is 2.88. The first-order valence-corrected chi connectivity index (χ1v) is 13.1. The first-order valence-electron chi connectivity index (χ1n) is 11.9. The number of halogens is 1. The Morgan fingerprint density at radius 2 is 1.74 bits per heavy atom. The molecule has 0 unspecified atom stereocenters. The van der Waals surface area contributed by atoms with Crippen LogP contribution < -0.4 is 15.9 Å². The molecule has 190 valence electrons. The van der Waals surface area contributed by atoms with E-state index in [1.54, 1.807) is 41.5 Å². The normalized spacial score (nSPS) is 11.4. The maximum atomic E-state index is 14.1. The van der Waals surface area contributed by atoms with E-state index in [2.05, 4.69) is 4.98 Å². The van der Waals surface area contributed by atoms with Crippen molar-refractivity contribution in [2.75, 3.05) is 7.11 Å². The fraction of sp³-hybridized carbons (Fsp3) is 0.143. The van der Waals surface area contributed by atoms with Crippen LogP contribution in [0, 0.1) is 6.92 Å². The number of aryl methyl sites for hydroxylation is 1. The molecule has 0 bridgehead atoms. The summed E-state index contributed by atoms with van der Waals surface area (Å²) in [7, 11) is 1.61. The molecule has 2 aromatic carbocycles. The molecule has 38 heavy (non-hydrogen) atoms. The molecule has 0 radical (unpaired) electrons. The van der Waals surface area contributed by atoms with Gasteiger partial charge in [0.1, 0.15) is 10.9 Å². The molecular formula is C28H22ClN5O3S. The van der Waals surface area contributed by atoms with Crippen molar-refractivity contribution in [3.63, 3.8) is 0 Å². The van der Waals surface area contributed by atoms with Crippen molar-refractivity contribution < 1.29 is 4.74 Å². The smallest absolute Gasteiger partial charge is 0.283 e. The van der Waals surface area contributed by atoms with Gasteiger partial charge in [-0.05, 0) is 37.3 Å². The summed E-state index contributed by atoms with van der Waals surface area (Å²) < 4.78 is 11.5. The Morgan fingerprint density at radius 1 is 0.947 bits per heavy atom. The maximum Gasteiger partial charge on any atom is 0.283 e. The van der Waals surface area contributed by atoms with Crippen LogP contribution >= 0.6 is 22.9 Å². The largest absolute Gasteiger partial charge is 0.496 e. The second-order valence-corrected chi connectivity index (χ2v) is 10.2. The van der Waals surface area contributed by atoms with E-state index in [1.165, 1.54) is 17.4 Å². The molecule has 0 saturated heterocycles. The highest BCUT2D eigenvalue weighted by atomic mass is 35.5. The SMILES string of the molecule is COc1ccccc1Cn1c2cc(=O)n(Cc3cccc(Cl)n3)c(C)c2c(=O)n1-c1nc2ccccc2s1. The average Bonchev–Trinajstić information content (AvgIpc) is 3.45. The van der Waals surface area contributed by atoms with E-state index in [-0.39, 0.29) is 17.7 Å². The molecule has 4 aromatic heterocycles. The summed E-state index contributed by atoms with van der Waals surface area (Å²) in [5, 5.41) is 1.31. The minimum Gasteiger partial charge on any atom is -0.496 e. The molecule has 0 aliphatic rings. The zero-order valence-corrected chi connectivity index (χ0v) is 22.2. The molecule has 0 amide bonds. The molecule has 6 rings (SSSR count). The molecule has 0 aliphatic heterocycles. The van der Waals surface area contributed by atoms with Crippen LogP contribution in [0.4, 0.5) is 0 Å². The lowest BCUT2D eigenvalue weighted by Gasteiger charge is -2.14. The number of fused-ring (bicyclic) bond motifs is 2. The highest BCUT2D eigenvalue weighted by Gasteiger charge is 2.23. The van der Waals surface area contributed by atoms with Crippen LogP contribution in [0.5, 0.6) is 5.75 Å². The van der Waals surface area contributed by atoms with Gasteiger partial charge in [0.25, 0.3) is 11.1 Å². The van der Waals surface area contributed by atoms with Gasteiger partial charge < -0.3 is 9.30 Å². The minimum absolute atomic E-state index is 0.194. The van der Waals surface area contributed by atoms with Crippen molar-refractivity contribution in [3.8, 4) is 10.9 Å². The fourth-order valence-corrected chi connectivity index (χ4v) is 5.89. The van der Waals surface area contributed by atoms with E-state index in [4.69, 9.17) is 21.3 Å². The third kappa shape index (κ3) is 4.09. The number of benzene rings is 2. The molecule has 0 saturated carbocycles. The topological polar surface area (TPSA) is 83.9 Å². The highest BCUT2D eigenvalue weighted by molar-refractivity contribution is 7.20. The monoisotopic (exact) mass is 543 g/mol. The number of hydrogen-bond donors (Lipinski definition) is 0. The number of thiazole rings is 1. The summed E-state index contributed by atoms with van der Waals surface area (Å²) in [6.45, 7) is 2.28. The molecule has 0 fully saturated rings. The summed E-state index contributed by atoms with van der Waals surface area (Å²) in [5.74, 6) is 0.690. The fourth-order valence-electron chi connectivity index (χ4n) is 4.73. The predicted molar refractivity (Wildman–Crippen MR) is 150 cm³/mol. The standard InChI is InChI=1S/C28H22ClN5O3S/c1-17-26-21(14-25(35)32(17)16-19-9-7-13-24(29)30-19)33(15-18-8-3-5-11-22(18)37-2)34(27(26)36)28-31-20-10-4-6-12-23(20)38-28/h3-14H,15-16H2,1-2H3. The number of pyridine rings is 2. The minimum atomic E-state index is -0.251. The van der Waals surface area contributed by atoms with Crippen molar-refractivity contribution in [2.45, 2.75) is 20.0 Å². The van der Waals surface area contributed by atoms with Crippen LogP contribution in [0.15, 0.2) is 82.4 Å². The van der Waals surface area contributed by atoms with E-state index in [9.17, 15) is 9.59 Å². The lowest BCUT2D eigenvalue weighted by Crippen LogP contribution is -2.24. The third-order valence-electron chi connectivity index (χ3n) is 6.54. The number of rotatable bonds is 6. The van der Waals surface area contributed by atoms with Gasteiger partial charge in [-0.1, -0.05) is 59.3 Å². The van der Waals surface area contributed by atoms with Crippen LogP contribution in [0.3, 0.4) is 0 Å². The summed E-state index contributed by atoms with van der Waals surface area (Å²) in [6.07, 6.45) is 0. The van der Waals surface area contributed by atoms with Gasteiger partial charge in [0, 0.05) is 17.3 Å². The molecule has 0 N–H and O–H groups in total. The third-order valence-corrected chi connectivity index (χ3v) is 7.77.